The van der Waals surface area contributed by atoms with E-state index in [1.165, 1.54) is 11.3 Å². The van der Waals surface area contributed by atoms with Crippen LogP contribution in [0.15, 0.2) is 45.4 Å². The van der Waals surface area contributed by atoms with Crippen LogP contribution in [0, 0.1) is 6.92 Å². The zero-order chi connectivity index (χ0) is 18.1. The van der Waals surface area contributed by atoms with Gasteiger partial charge in [0.1, 0.15) is 4.21 Å². The van der Waals surface area contributed by atoms with Gasteiger partial charge in [0.2, 0.25) is 5.89 Å². The average molecular weight is 390 g/mol. The van der Waals surface area contributed by atoms with Crippen molar-refractivity contribution in [2.24, 2.45) is 0 Å². The molecule has 0 spiro atoms. The molecule has 4 heterocycles. The Labute approximate surface area is 155 Å². The lowest BCUT2D eigenvalue weighted by atomic mass is 9.98. The van der Waals surface area contributed by atoms with Gasteiger partial charge in [0.05, 0.1) is 0 Å². The summed E-state index contributed by atoms with van der Waals surface area (Å²) in [5.74, 6) is 1.36. The van der Waals surface area contributed by atoms with Crippen LogP contribution in [0.5, 0.6) is 0 Å². The Balaban J connectivity index is 1.49. The van der Waals surface area contributed by atoms with Gasteiger partial charge in [-0.1, -0.05) is 11.2 Å². The van der Waals surface area contributed by atoms with Crippen LogP contribution in [0.3, 0.4) is 0 Å². The van der Waals surface area contributed by atoms with E-state index in [-0.39, 0.29) is 5.92 Å². The molecule has 26 heavy (non-hydrogen) atoms. The van der Waals surface area contributed by atoms with Gasteiger partial charge in [0.15, 0.2) is 5.82 Å². The van der Waals surface area contributed by atoms with Crippen LogP contribution in [-0.4, -0.2) is 40.9 Å². The molecule has 0 amide bonds. The molecule has 3 aromatic heterocycles. The lowest BCUT2D eigenvalue weighted by molar-refractivity contribution is 0.306. The number of pyridine rings is 1. The highest BCUT2D eigenvalue weighted by atomic mass is 32.2. The van der Waals surface area contributed by atoms with Crippen molar-refractivity contribution >= 4 is 21.4 Å². The molecule has 1 aliphatic rings. The van der Waals surface area contributed by atoms with Crippen molar-refractivity contribution in [3.05, 3.63) is 48.4 Å². The van der Waals surface area contributed by atoms with Gasteiger partial charge < -0.3 is 4.52 Å². The fourth-order valence-electron chi connectivity index (χ4n) is 3.08. The Kier molecular flexibility index (Phi) is 4.60. The summed E-state index contributed by atoms with van der Waals surface area (Å²) in [6.07, 6.45) is 4.82. The molecule has 1 saturated heterocycles. The lowest BCUT2D eigenvalue weighted by Crippen LogP contribution is -2.37. The third-order valence-electron chi connectivity index (χ3n) is 4.48. The van der Waals surface area contributed by atoms with Crippen LogP contribution in [0.25, 0.3) is 10.4 Å². The molecule has 0 aliphatic carbocycles. The first-order valence-electron chi connectivity index (χ1n) is 8.34. The van der Waals surface area contributed by atoms with E-state index in [1.807, 2.05) is 18.2 Å². The fourth-order valence-corrected chi connectivity index (χ4v) is 6.01. The molecule has 1 aliphatic heterocycles. The SMILES string of the molecule is Cc1nc(C2CCN(S(=O)(=O)c3ccc(-c4cccnc4)s3)CC2)no1. The molecule has 0 aromatic carbocycles. The van der Waals surface area contributed by atoms with Gasteiger partial charge in [-0.15, -0.1) is 11.3 Å². The van der Waals surface area contributed by atoms with E-state index in [0.29, 0.717) is 41.9 Å². The summed E-state index contributed by atoms with van der Waals surface area (Å²) in [7, 11) is -3.48. The number of thiophene rings is 1. The zero-order valence-corrected chi connectivity index (χ0v) is 15.8. The second-order valence-electron chi connectivity index (χ2n) is 6.21. The quantitative estimate of drug-likeness (QED) is 0.680. The highest BCUT2D eigenvalue weighted by molar-refractivity contribution is 7.91. The maximum absolute atomic E-state index is 13.0. The summed E-state index contributed by atoms with van der Waals surface area (Å²) >= 11 is 1.28. The van der Waals surface area contributed by atoms with Gasteiger partial charge in [-0.05, 0) is 31.0 Å². The normalized spacial score (nSPS) is 16.8. The van der Waals surface area contributed by atoms with Gasteiger partial charge in [-0.2, -0.15) is 9.29 Å². The van der Waals surface area contributed by atoms with Crippen LogP contribution in [0.4, 0.5) is 0 Å². The van der Waals surface area contributed by atoms with Crippen LogP contribution in [-0.2, 0) is 10.0 Å². The molecule has 3 aromatic rings. The van der Waals surface area contributed by atoms with Gasteiger partial charge in [0.25, 0.3) is 10.0 Å². The number of aromatic nitrogens is 3. The van der Waals surface area contributed by atoms with E-state index in [4.69, 9.17) is 4.52 Å². The highest BCUT2D eigenvalue weighted by Crippen LogP contribution is 2.34. The van der Waals surface area contributed by atoms with Gasteiger partial charge >= 0.3 is 0 Å². The fraction of sp³-hybridized carbons (Fsp3) is 0.353. The predicted octanol–water partition coefficient (Wildman–Crippen LogP) is 3.07. The monoisotopic (exact) mass is 390 g/mol. The molecule has 0 atom stereocenters. The summed E-state index contributed by atoms with van der Waals surface area (Å²) in [6, 6.07) is 7.28. The van der Waals surface area contributed by atoms with Crippen LogP contribution >= 0.6 is 11.3 Å². The van der Waals surface area contributed by atoms with E-state index in [0.717, 1.165) is 10.4 Å². The van der Waals surface area contributed by atoms with Crippen molar-refractivity contribution in [3.8, 4) is 10.4 Å². The van der Waals surface area contributed by atoms with E-state index >= 15 is 0 Å². The molecule has 0 unspecified atom stereocenters. The molecule has 136 valence electrons. The van der Waals surface area contributed by atoms with Crippen molar-refractivity contribution in [3.63, 3.8) is 0 Å². The predicted molar refractivity (Wildman–Crippen MR) is 97.3 cm³/mol. The van der Waals surface area contributed by atoms with Gasteiger partial charge in [-0.25, -0.2) is 8.42 Å². The number of piperidine rings is 1. The third-order valence-corrected chi connectivity index (χ3v) is 7.98. The van der Waals surface area contributed by atoms with E-state index in [1.54, 1.807) is 29.7 Å². The van der Waals surface area contributed by atoms with E-state index in [2.05, 4.69) is 15.1 Å². The Morgan fingerprint density at radius 3 is 2.69 bits per heavy atom. The van der Waals surface area contributed by atoms with Crippen molar-refractivity contribution in [1.29, 1.82) is 0 Å². The molecule has 0 saturated carbocycles. The Hall–Kier alpha value is -2.10. The number of aryl methyl sites for hydroxylation is 1. The molecule has 7 nitrogen and oxygen atoms in total. The molecule has 0 radical (unpaired) electrons. The zero-order valence-electron chi connectivity index (χ0n) is 14.2. The minimum Gasteiger partial charge on any atom is -0.340 e. The van der Waals surface area contributed by atoms with Crippen molar-refractivity contribution in [2.45, 2.75) is 29.9 Å². The van der Waals surface area contributed by atoms with Crippen molar-refractivity contribution in [2.75, 3.05) is 13.1 Å². The Morgan fingerprint density at radius 2 is 2.04 bits per heavy atom. The summed E-state index contributed by atoms with van der Waals surface area (Å²) in [5.41, 5.74) is 0.921. The molecule has 1 fully saturated rings. The molecule has 9 heteroatoms. The van der Waals surface area contributed by atoms with E-state index in [9.17, 15) is 8.42 Å². The number of hydrogen-bond donors (Lipinski definition) is 0. The van der Waals surface area contributed by atoms with Crippen molar-refractivity contribution in [1.82, 2.24) is 19.4 Å². The van der Waals surface area contributed by atoms with Crippen LogP contribution in [0.1, 0.15) is 30.5 Å². The van der Waals surface area contributed by atoms with Gasteiger partial charge in [-0.3, -0.25) is 4.98 Å². The summed E-state index contributed by atoms with van der Waals surface area (Å²) < 4.78 is 32.8. The van der Waals surface area contributed by atoms with Crippen LogP contribution in [0.2, 0.25) is 0 Å². The third kappa shape index (κ3) is 3.29. The number of nitrogens with zero attached hydrogens (tertiary/aromatic N) is 4. The van der Waals surface area contributed by atoms with Gasteiger partial charge in [0, 0.05) is 48.8 Å². The largest absolute Gasteiger partial charge is 0.340 e. The topological polar surface area (TPSA) is 89.2 Å². The summed E-state index contributed by atoms with van der Waals surface area (Å²) in [4.78, 5) is 9.25. The molecular formula is C17H18N4O3S2. The summed E-state index contributed by atoms with van der Waals surface area (Å²) in [6.45, 7) is 2.67. The van der Waals surface area contributed by atoms with E-state index < -0.39 is 10.0 Å². The maximum atomic E-state index is 13.0. The second kappa shape index (κ2) is 6.90. The second-order valence-corrected chi connectivity index (χ2v) is 9.46. The first kappa shape index (κ1) is 17.3. The minimum atomic E-state index is -3.48. The first-order chi connectivity index (χ1) is 12.5. The molecule has 4 rings (SSSR count). The number of sulfonamides is 1. The van der Waals surface area contributed by atoms with Crippen LogP contribution < -0.4 is 0 Å². The Morgan fingerprint density at radius 1 is 1.23 bits per heavy atom. The number of hydrogen-bond acceptors (Lipinski definition) is 7. The Bertz CT molecular complexity index is 990. The first-order valence-corrected chi connectivity index (χ1v) is 10.6. The highest BCUT2D eigenvalue weighted by Gasteiger charge is 2.32. The summed E-state index contributed by atoms with van der Waals surface area (Å²) in [5, 5.41) is 3.96. The van der Waals surface area contributed by atoms with Crippen molar-refractivity contribution < 1.29 is 12.9 Å². The minimum absolute atomic E-state index is 0.146. The average Bonchev–Trinajstić information content (AvgIpc) is 3.32. The number of rotatable bonds is 4. The smallest absolute Gasteiger partial charge is 0.252 e. The maximum Gasteiger partial charge on any atom is 0.252 e. The standard InChI is InChI=1S/C17H18N4O3S2/c1-12-19-17(20-24-12)13-6-9-21(10-7-13)26(22,23)16-5-4-15(25-16)14-3-2-8-18-11-14/h2-5,8,11,13H,6-7,9-10H2,1H3. The molecular weight excluding hydrogens is 372 g/mol. The lowest BCUT2D eigenvalue weighted by Gasteiger charge is -2.29. The molecule has 0 bridgehead atoms. The molecule has 0 N–H and O–H groups in total.